The van der Waals surface area contributed by atoms with Crippen molar-refractivity contribution in [1.29, 1.82) is 0 Å². The molecule has 1 aromatic heterocycles. The summed E-state index contributed by atoms with van der Waals surface area (Å²) in [5.41, 5.74) is 1.98. The van der Waals surface area contributed by atoms with E-state index in [4.69, 9.17) is 5.21 Å². The van der Waals surface area contributed by atoms with Gasteiger partial charge in [-0.05, 0) is 23.8 Å². The van der Waals surface area contributed by atoms with Gasteiger partial charge in [0.25, 0.3) is 17.4 Å². The molecule has 0 bridgehead atoms. The molecule has 138 valence electrons. The summed E-state index contributed by atoms with van der Waals surface area (Å²) in [7, 11) is 0. The zero-order valence-corrected chi connectivity index (χ0v) is 14.0. The second-order valence-corrected chi connectivity index (χ2v) is 5.75. The van der Waals surface area contributed by atoms with Crippen molar-refractivity contribution in [2.45, 2.75) is 6.42 Å². The molecule has 3 rings (SSSR count). The number of amides is 2. The fourth-order valence-corrected chi connectivity index (χ4v) is 2.65. The van der Waals surface area contributed by atoms with Crippen LogP contribution in [-0.4, -0.2) is 33.8 Å². The average Bonchev–Trinajstić information content (AvgIpc) is 2.69. The molecule has 0 fully saturated rings. The molecule has 0 atom stereocenters. The second kappa shape index (κ2) is 7.75. The van der Waals surface area contributed by atoms with Crippen LogP contribution in [0.15, 0.2) is 47.3 Å². The molecule has 4 N–H and O–H groups in total. The smallest absolute Gasteiger partial charge is 0.272 e. The number of rotatable bonds is 5. The van der Waals surface area contributed by atoms with Gasteiger partial charge >= 0.3 is 0 Å². The zero-order chi connectivity index (χ0) is 19.4. The van der Waals surface area contributed by atoms with Crippen LogP contribution < -0.4 is 16.4 Å². The number of aromatic amines is 1. The molecule has 27 heavy (non-hydrogen) atoms. The molecule has 8 nitrogen and oxygen atoms in total. The topological polar surface area (TPSA) is 124 Å². The molecular weight excluding hydrogens is 355 g/mol. The number of benzene rings is 2. The molecule has 2 aromatic carbocycles. The van der Waals surface area contributed by atoms with E-state index in [9.17, 15) is 18.8 Å². The first-order chi connectivity index (χ1) is 13.0. The van der Waals surface area contributed by atoms with E-state index in [1.54, 1.807) is 24.3 Å². The maximum Gasteiger partial charge on any atom is 0.272 e. The van der Waals surface area contributed by atoms with Crippen LogP contribution in [0.2, 0.25) is 0 Å². The molecule has 3 aromatic rings. The number of nitrogens with zero attached hydrogens (tertiary/aromatic N) is 1. The third-order valence-corrected chi connectivity index (χ3v) is 3.96. The largest absolute Gasteiger partial charge is 0.343 e. The molecule has 2 amide bonds. The fourth-order valence-electron chi connectivity index (χ4n) is 2.65. The highest BCUT2D eigenvalue weighted by Gasteiger charge is 2.15. The molecular formula is C18H15FN4O4. The number of carbonyl (C=O) groups excluding carboxylic acids is 2. The van der Waals surface area contributed by atoms with Crippen LogP contribution in [0.3, 0.4) is 0 Å². The number of aromatic nitrogens is 2. The average molecular weight is 370 g/mol. The Morgan fingerprint density at radius 2 is 1.89 bits per heavy atom. The normalized spacial score (nSPS) is 10.6. The van der Waals surface area contributed by atoms with Gasteiger partial charge in [-0.1, -0.05) is 24.3 Å². The van der Waals surface area contributed by atoms with Crippen LogP contribution in [0.1, 0.15) is 21.6 Å². The summed E-state index contributed by atoms with van der Waals surface area (Å²) in [5.74, 6) is -2.37. The van der Waals surface area contributed by atoms with Crippen LogP contribution >= 0.6 is 0 Å². The fraction of sp³-hybridized carbons (Fsp3) is 0.111. The van der Waals surface area contributed by atoms with Gasteiger partial charge in [0.15, 0.2) is 0 Å². The van der Waals surface area contributed by atoms with Crippen molar-refractivity contribution in [3.63, 3.8) is 0 Å². The van der Waals surface area contributed by atoms with E-state index in [1.807, 2.05) is 0 Å². The molecule has 0 saturated carbocycles. The Balaban J connectivity index is 1.89. The Labute approximate surface area is 152 Å². The lowest BCUT2D eigenvalue weighted by Gasteiger charge is -2.09. The van der Waals surface area contributed by atoms with Crippen molar-refractivity contribution >= 4 is 22.6 Å². The molecule has 0 unspecified atom stereocenters. The van der Waals surface area contributed by atoms with Gasteiger partial charge in [0.1, 0.15) is 5.82 Å². The lowest BCUT2D eigenvalue weighted by molar-refractivity contribution is -0.128. The van der Waals surface area contributed by atoms with Crippen molar-refractivity contribution in [3.8, 4) is 0 Å². The summed E-state index contributed by atoms with van der Waals surface area (Å²) in [6.45, 7) is -0.495. The summed E-state index contributed by atoms with van der Waals surface area (Å²) < 4.78 is 14.0. The van der Waals surface area contributed by atoms with Crippen molar-refractivity contribution < 1.29 is 19.2 Å². The van der Waals surface area contributed by atoms with Crippen LogP contribution in [0.5, 0.6) is 0 Å². The van der Waals surface area contributed by atoms with Gasteiger partial charge in [-0.3, -0.25) is 19.6 Å². The summed E-state index contributed by atoms with van der Waals surface area (Å²) >= 11 is 0. The quantitative estimate of drug-likeness (QED) is 0.392. The van der Waals surface area contributed by atoms with E-state index in [-0.39, 0.29) is 17.5 Å². The Bertz CT molecular complexity index is 1080. The molecule has 0 spiro atoms. The monoisotopic (exact) mass is 370 g/mol. The second-order valence-electron chi connectivity index (χ2n) is 5.75. The number of H-pyrrole nitrogens is 1. The number of fused-ring (bicyclic) bond motifs is 1. The highest BCUT2D eigenvalue weighted by Crippen LogP contribution is 2.18. The number of hydrogen-bond donors (Lipinski definition) is 4. The number of halogens is 1. The maximum absolute atomic E-state index is 14.0. The number of nitrogens with one attached hydrogen (secondary N) is 3. The number of hydroxylamine groups is 1. The minimum atomic E-state index is -0.830. The van der Waals surface area contributed by atoms with E-state index in [0.29, 0.717) is 22.0 Å². The first-order valence-corrected chi connectivity index (χ1v) is 7.95. The van der Waals surface area contributed by atoms with E-state index >= 15 is 0 Å². The van der Waals surface area contributed by atoms with Crippen molar-refractivity contribution in [1.82, 2.24) is 21.0 Å². The predicted octanol–water partition coefficient (Wildman–Crippen LogP) is 0.888. The first-order valence-electron chi connectivity index (χ1n) is 7.95. The highest BCUT2D eigenvalue weighted by molar-refractivity contribution is 5.96. The number of carbonyl (C=O) groups is 2. The van der Waals surface area contributed by atoms with Gasteiger partial charge in [-0.2, -0.15) is 5.10 Å². The van der Waals surface area contributed by atoms with Crippen LogP contribution in [0.4, 0.5) is 4.39 Å². The van der Waals surface area contributed by atoms with Gasteiger partial charge in [-0.25, -0.2) is 15.0 Å². The Morgan fingerprint density at radius 1 is 1.15 bits per heavy atom. The van der Waals surface area contributed by atoms with Crippen molar-refractivity contribution in [3.05, 3.63) is 75.5 Å². The van der Waals surface area contributed by atoms with Crippen molar-refractivity contribution in [2.75, 3.05) is 6.54 Å². The van der Waals surface area contributed by atoms with E-state index < -0.39 is 24.2 Å². The third-order valence-electron chi connectivity index (χ3n) is 3.96. The highest BCUT2D eigenvalue weighted by atomic mass is 19.1. The summed E-state index contributed by atoms with van der Waals surface area (Å²) in [6, 6.07) is 11.0. The Hall–Kier alpha value is -3.59. The minimum Gasteiger partial charge on any atom is -0.343 e. The van der Waals surface area contributed by atoms with Gasteiger partial charge in [0.05, 0.1) is 23.2 Å². The first kappa shape index (κ1) is 18.2. The third kappa shape index (κ3) is 3.98. The Morgan fingerprint density at radius 3 is 2.63 bits per heavy atom. The van der Waals surface area contributed by atoms with Gasteiger partial charge in [0, 0.05) is 11.8 Å². The zero-order valence-electron chi connectivity index (χ0n) is 14.0. The Kier molecular flexibility index (Phi) is 5.23. The van der Waals surface area contributed by atoms with E-state index in [2.05, 4.69) is 15.5 Å². The molecule has 0 aliphatic carbocycles. The maximum atomic E-state index is 14.0. The molecule has 0 saturated heterocycles. The molecule has 0 aliphatic heterocycles. The predicted molar refractivity (Wildman–Crippen MR) is 93.8 cm³/mol. The molecule has 9 heteroatoms. The lowest BCUT2D eigenvalue weighted by Crippen LogP contribution is -2.35. The number of hydrogen-bond acceptors (Lipinski definition) is 5. The molecule has 0 radical (unpaired) electrons. The summed E-state index contributed by atoms with van der Waals surface area (Å²) in [4.78, 5) is 34.9. The van der Waals surface area contributed by atoms with Gasteiger partial charge in [0.2, 0.25) is 0 Å². The summed E-state index contributed by atoms with van der Waals surface area (Å²) in [5, 5.41) is 18.3. The van der Waals surface area contributed by atoms with E-state index in [0.717, 1.165) is 6.07 Å². The standard InChI is InChI=1S/C18H15FN4O4/c19-14-6-5-10(7-13(14)17(25)20-9-16(24)23-27)8-15-11-3-1-2-4-12(11)18(26)22-21-15/h1-7,27H,8-9H2,(H,20,25)(H,22,26)(H,23,24). The summed E-state index contributed by atoms with van der Waals surface area (Å²) in [6.07, 6.45) is 0.259. The lowest BCUT2D eigenvalue weighted by atomic mass is 10.0. The molecule has 0 aliphatic rings. The van der Waals surface area contributed by atoms with Crippen LogP contribution in [0.25, 0.3) is 10.8 Å². The van der Waals surface area contributed by atoms with Gasteiger partial charge < -0.3 is 5.32 Å². The minimum absolute atomic E-state index is 0.244. The van der Waals surface area contributed by atoms with Crippen molar-refractivity contribution in [2.24, 2.45) is 0 Å². The van der Waals surface area contributed by atoms with Gasteiger partial charge in [-0.15, -0.1) is 0 Å². The van der Waals surface area contributed by atoms with Crippen LogP contribution in [-0.2, 0) is 11.2 Å². The molecule has 1 heterocycles. The van der Waals surface area contributed by atoms with Crippen LogP contribution in [0, 0.1) is 5.82 Å². The van der Waals surface area contributed by atoms with E-state index in [1.165, 1.54) is 17.6 Å². The SMILES string of the molecule is O=C(CNC(=O)c1cc(Cc2n[nH]c(=O)c3ccccc23)ccc1F)NO.